The van der Waals surface area contributed by atoms with Crippen molar-refractivity contribution in [3.8, 4) is 5.69 Å². The van der Waals surface area contributed by atoms with Gasteiger partial charge in [-0.05, 0) is 31.2 Å². The van der Waals surface area contributed by atoms with Crippen molar-refractivity contribution in [2.45, 2.75) is 18.1 Å². The quantitative estimate of drug-likeness (QED) is 0.514. The largest absolute Gasteiger partial charge is 0.459 e. The van der Waals surface area contributed by atoms with Gasteiger partial charge in [0.15, 0.2) is 5.16 Å². The normalized spacial score (nSPS) is 12.2. The fourth-order valence-electron chi connectivity index (χ4n) is 2.79. The number of hydrogen-bond donors (Lipinski definition) is 1. The fourth-order valence-corrected chi connectivity index (χ4v) is 3.53. The van der Waals surface area contributed by atoms with E-state index in [1.807, 2.05) is 72.2 Å². The summed E-state index contributed by atoms with van der Waals surface area (Å²) in [5.74, 6) is 0.897. The topological polar surface area (TPSA) is 73.0 Å². The maximum absolute atomic E-state index is 12.4. The van der Waals surface area contributed by atoms with Gasteiger partial charge >= 0.3 is 0 Å². The van der Waals surface area contributed by atoms with E-state index in [1.54, 1.807) is 6.33 Å². The number of aromatic nitrogens is 3. The molecule has 2 heterocycles. The molecule has 0 radical (unpaired) electrons. The minimum absolute atomic E-state index is 0.0874. The molecular weight excluding hydrogens is 360 g/mol. The van der Waals surface area contributed by atoms with Crippen molar-refractivity contribution >= 4 is 28.6 Å². The molecule has 1 amide bonds. The Morgan fingerprint density at radius 2 is 1.96 bits per heavy atom. The molecule has 0 saturated carbocycles. The fraction of sp³-hybridized carbons (Fsp3) is 0.150. The average molecular weight is 378 g/mol. The van der Waals surface area contributed by atoms with Crippen molar-refractivity contribution < 1.29 is 9.21 Å². The van der Waals surface area contributed by atoms with Gasteiger partial charge in [0.25, 0.3) is 0 Å². The summed E-state index contributed by atoms with van der Waals surface area (Å²) >= 11 is 1.35. The molecule has 4 rings (SSSR count). The highest BCUT2D eigenvalue weighted by Crippen LogP contribution is 2.24. The van der Waals surface area contributed by atoms with Gasteiger partial charge in [0, 0.05) is 11.1 Å². The van der Waals surface area contributed by atoms with Crippen molar-refractivity contribution in [1.29, 1.82) is 0 Å². The van der Waals surface area contributed by atoms with Gasteiger partial charge < -0.3 is 9.73 Å². The van der Waals surface area contributed by atoms with Crippen LogP contribution in [-0.2, 0) is 4.79 Å². The summed E-state index contributed by atoms with van der Waals surface area (Å²) in [5.41, 5.74) is 1.78. The van der Waals surface area contributed by atoms with Gasteiger partial charge in [-0.25, -0.2) is 0 Å². The second-order valence-corrected chi connectivity index (χ2v) is 7.03. The van der Waals surface area contributed by atoms with Gasteiger partial charge in [-0.2, -0.15) is 0 Å². The Bertz CT molecular complexity index is 1020. The lowest BCUT2D eigenvalue weighted by atomic mass is 10.2. The van der Waals surface area contributed by atoms with Crippen LogP contribution in [0.3, 0.4) is 0 Å². The smallest absolute Gasteiger partial charge is 0.231 e. The Balaban J connectivity index is 1.38. The highest BCUT2D eigenvalue weighted by atomic mass is 32.2. The summed E-state index contributed by atoms with van der Waals surface area (Å²) in [4.78, 5) is 12.4. The van der Waals surface area contributed by atoms with Crippen LogP contribution in [0.4, 0.5) is 0 Å². The first kappa shape index (κ1) is 17.4. The molecule has 0 bridgehead atoms. The lowest BCUT2D eigenvalue weighted by molar-refractivity contribution is -0.119. The molecule has 27 heavy (non-hydrogen) atoms. The Hall–Kier alpha value is -3.06. The number of thioether (sulfide) groups is 1. The average Bonchev–Trinajstić information content (AvgIpc) is 3.34. The molecule has 0 fully saturated rings. The number of carbonyl (C=O) groups excluding carboxylic acids is 1. The third-order valence-electron chi connectivity index (χ3n) is 4.13. The SMILES string of the molecule is C[C@@H](NC(=O)CSc1nncn1-c1ccccc1)c1cc2ccccc2o1. The summed E-state index contributed by atoms with van der Waals surface area (Å²) in [6.45, 7) is 1.91. The van der Waals surface area contributed by atoms with Crippen LogP contribution in [0.1, 0.15) is 18.7 Å². The number of nitrogens with one attached hydrogen (secondary N) is 1. The van der Waals surface area contributed by atoms with Crippen LogP contribution < -0.4 is 5.32 Å². The number of rotatable bonds is 6. The third kappa shape index (κ3) is 3.88. The Kier molecular flexibility index (Phi) is 4.93. The standard InChI is InChI=1S/C20H18N4O2S/c1-14(18-11-15-7-5-6-10-17(15)26-18)22-19(25)12-27-20-23-21-13-24(20)16-8-3-2-4-9-16/h2-11,13-14H,12H2,1H3,(H,22,25)/t14-/m1/s1. The number of amides is 1. The van der Waals surface area contributed by atoms with Crippen molar-refractivity contribution in [2.75, 3.05) is 5.75 Å². The predicted octanol–water partition coefficient (Wildman–Crippen LogP) is 3.98. The van der Waals surface area contributed by atoms with Gasteiger partial charge in [-0.3, -0.25) is 9.36 Å². The zero-order chi connectivity index (χ0) is 18.6. The number of carbonyl (C=O) groups is 1. The highest BCUT2D eigenvalue weighted by molar-refractivity contribution is 7.99. The maximum Gasteiger partial charge on any atom is 0.231 e. The van der Waals surface area contributed by atoms with Gasteiger partial charge in [0.2, 0.25) is 5.91 Å². The van der Waals surface area contributed by atoms with Crippen LogP contribution in [0.5, 0.6) is 0 Å². The molecule has 1 atom stereocenters. The molecule has 136 valence electrons. The summed E-state index contributed by atoms with van der Waals surface area (Å²) in [7, 11) is 0. The first-order valence-corrected chi connectivity index (χ1v) is 9.55. The van der Waals surface area contributed by atoms with Crippen molar-refractivity contribution in [3.63, 3.8) is 0 Å². The highest BCUT2D eigenvalue weighted by Gasteiger charge is 2.15. The molecule has 2 aromatic heterocycles. The zero-order valence-corrected chi connectivity index (χ0v) is 15.5. The molecule has 6 nitrogen and oxygen atoms in total. The molecule has 0 saturated heterocycles. The van der Waals surface area contributed by atoms with E-state index in [2.05, 4.69) is 15.5 Å². The van der Waals surface area contributed by atoms with Crippen molar-refractivity contribution in [2.24, 2.45) is 0 Å². The Morgan fingerprint density at radius 3 is 2.78 bits per heavy atom. The molecule has 0 aliphatic heterocycles. The van der Waals surface area contributed by atoms with Gasteiger partial charge in [-0.15, -0.1) is 10.2 Å². The lowest BCUT2D eigenvalue weighted by Gasteiger charge is -2.11. The lowest BCUT2D eigenvalue weighted by Crippen LogP contribution is -2.28. The van der Waals surface area contributed by atoms with E-state index in [9.17, 15) is 4.79 Å². The second-order valence-electron chi connectivity index (χ2n) is 6.08. The van der Waals surface area contributed by atoms with E-state index in [0.29, 0.717) is 5.16 Å². The van der Waals surface area contributed by atoms with Crippen LogP contribution in [-0.4, -0.2) is 26.4 Å². The number of fused-ring (bicyclic) bond motifs is 1. The van der Waals surface area contributed by atoms with Crippen LogP contribution in [0.25, 0.3) is 16.7 Å². The molecule has 0 aliphatic rings. The van der Waals surface area contributed by atoms with Crippen LogP contribution in [0.15, 0.2) is 76.6 Å². The number of furan rings is 1. The molecule has 0 unspecified atom stereocenters. The van der Waals surface area contributed by atoms with E-state index < -0.39 is 0 Å². The van der Waals surface area contributed by atoms with E-state index >= 15 is 0 Å². The first-order chi connectivity index (χ1) is 13.2. The predicted molar refractivity (Wildman–Crippen MR) is 105 cm³/mol. The monoisotopic (exact) mass is 378 g/mol. The van der Waals surface area contributed by atoms with Gasteiger partial charge in [0.1, 0.15) is 17.7 Å². The zero-order valence-electron chi connectivity index (χ0n) is 14.7. The van der Waals surface area contributed by atoms with Crippen LogP contribution in [0.2, 0.25) is 0 Å². The molecule has 0 aliphatic carbocycles. The van der Waals surface area contributed by atoms with Crippen LogP contribution >= 0.6 is 11.8 Å². The molecular formula is C20H18N4O2S. The number of benzene rings is 2. The second kappa shape index (κ2) is 7.67. The Morgan fingerprint density at radius 1 is 1.19 bits per heavy atom. The van der Waals surface area contributed by atoms with Crippen molar-refractivity contribution in [3.05, 3.63) is 72.8 Å². The molecule has 7 heteroatoms. The maximum atomic E-state index is 12.4. The Labute approximate surface area is 160 Å². The van der Waals surface area contributed by atoms with E-state index in [1.165, 1.54) is 11.8 Å². The minimum Gasteiger partial charge on any atom is -0.459 e. The molecule has 2 aromatic carbocycles. The number of hydrogen-bond acceptors (Lipinski definition) is 5. The molecule has 0 spiro atoms. The van der Waals surface area contributed by atoms with E-state index in [4.69, 9.17) is 4.42 Å². The van der Waals surface area contributed by atoms with E-state index in [0.717, 1.165) is 22.4 Å². The van der Waals surface area contributed by atoms with Crippen molar-refractivity contribution in [1.82, 2.24) is 20.1 Å². The third-order valence-corrected chi connectivity index (χ3v) is 5.08. The van der Waals surface area contributed by atoms with E-state index in [-0.39, 0.29) is 17.7 Å². The summed E-state index contributed by atoms with van der Waals surface area (Å²) < 4.78 is 7.67. The summed E-state index contributed by atoms with van der Waals surface area (Å²) in [5, 5.41) is 12.7. The number of nitrogens with zero attached hydrogens (tertiary/aromatic N) is 3. The minimum atomic E-state index is -0.211. The first-order valence-electron chi connectivity index (χ1n) is 8.57. The summed E-state index contributed by atoms with van der Waals surface area (Å²) in [6.07, 6.45) is 1.65. The van der Waals surface area contributed by atoms with Gasteiger partial charge in [-0.1, -0.05) is 48.2 Å². The number of para-hydroxylation sites is 2. The molecule has 4 aromatic rings. The summed E-state index contributed by atoms with van der Waals surface area (Å²) in [6, 6.07) is 19.3. The van der Waals surface area contributed by atoms with Gasteiger partial charge in [0.05, 0.1) is 11.8 Å². The van der Waals surface area contributed by atoms with Crippen LogP contribution in [0, 0.1) is 0 Å². The molecule has 1 N–H and O–H groups in total.